The fraction of sp³-hybridized carbons (Fsp3) is 0. The van der Waals surface area contributed by atoms with Crippen LogP contribution in [-0.2, 0) is 11.2 Å². The molecule has 0 aromatic heterocycles. The minimum atomic E-state index is -1.18. The van der Waals surface area contributed by atoms with Crippen LogP contribution < -0.4 is 15.8 Å². The summed E-state index contributed by atoms with van der Waals surface area (Å²) in [6.45, 7) is 0. The van der Waals surface area contributed by atoms with Crippen LogP contribution in [0.25, 0.3) is 0 Å². The third kappa shape index (κ3) is 2.58. The predicted molar refractivity (Wildman–Crippen MR) is 123 cm³/mol. The van der Waals surface area contributed by atoms with E-state index in [1.54, 1.807) is 0 Å². The maximum atomic E-state index is 13.4. The van der Waals surface area contributed by atoms with E-state index >= 15 is 0 Å². The lowest BCUT2D eigenvalue weighted by Crippen LogP contribution is -2.49. The second kappa shape index (κ2) is 6.73. The van der Waals surface area contributed by atoms with E-state index in [1.165, 1.54) is 21.5 Å². The van der Waals surface area contributed by atoms with Gasteiger partial charge in [0.1, 0.15) is 5.69 Å². The standard InChI is InChI=1S/C24H16BNOS2/c27-29-22-15-7-6-14-21(22)26-20-13-5-4-11-18(20)25(28-17-9-2-1-3-10-17)19-12-8-16-23(29)24(19)26/h1-16H. The molecule has 4 aromatic carbocycles. The van der Waals surface area contributed by atoms with Gasteiger partial charge in [-0.1, -0.05) is 60.7 Å². The van der Waals surface area contributed by atoms with Crippen molar-refractivity contribution in [3.05, 3.63) is 97.1 Å². The van der Waals surface area contributed by atoms with Crippen molar-refractivity contribution in [1.82, 2.24) is 0 Å². The Bertz CT molecular complexity index is 1230. The van der Waals surface area contributed by atoms with Crippen LogP contribution in [0.3, 0.4) is 0 Å². The monoisotopic (exact) mass is 409 g/mol. The van der Waals surface area contributed by atoms with E-state index < -0.39 is 11.2 Å². The summed E-state index contributed by atoms with van der Waals surface area (Å²) >= 11 is 0.674. The molecule has 2 aliphatic heterocycles. The van der Waals surface area contributed by atoms with Crippen molar-refractivity contribution in [3.63, 3.8) is 0 Å². The van der Waals surface area contributed by atoms with E-state index in [1.807, 2.05) is 48.0 Å². The van der Waals surface area contributed by atoms with Crippen molar-refractivity contribution in [2.24, 2.45) is 0 Å². The minimum Gasteiger partial charge on any atom is -0.606 e. The zero-order valence-corrected chi connectivity index (χ0v) is 17.1. The number of benzene rings is 4. The molecule has 2 heterocycles. The van der Waals surface area contributed by atoms with Gasteiger partial charge >= 0.3 is 0 Å². The van der Waals surface area contributed by atoms with Gasteiger partial charge in [0.15, 0.2) is 9.79 Å². The summed E-state index contributed by atoms with van der Waals surface area (Å²) in [7, 11) is 0. The lowest BCUT2D eigenvalue weighted by molar-refractivity contribution is 0.594. The maximum Gasteiger partial charge on any atom is 0.285 e. The van der Waals surface area contributed by atoms with Gasteiger partial charge in [-0.25, -0.2) is 0 Å². The molecule has 0 N–H and O–H groups in total. The molecule has 0 saturated carbocycles. The molecular weight excluding hydrogens is 393 g/mol. The van der Waals surface area contributed by atoms with E-state index in [0.29, 0.717) is 0 Å². The Morgan fingerprint density at radius 2 is 1.31 bits per heavy atom. The van der Waals surface area contributed by atoms with Crippen molar-refractivity contribution in [1.29, 1.82) is 0 Å². The van der Waals surface area contributed by atoms with Crippen LogP contribution in [0.4, 0.5) is 17.1 Å². The van der Waals surface area contributed by atoms with Gasteiger partial charge in [-0.05, 0) is 52.2 Å². The molecule has 0 aliphatic carbocycles. The highest BCUT2D eigenvalue weighted by Crippen LogP contribution is 2.49. The Morgan fingerprint density at radius 1 is 0.655 bits per heavy atom. The summed E-state index contributed by atoms with van der Waals surface area (Å²) in [4.78, 5) is 5.31. The van der Waals surface area contributed by atoms with Gasteiger partial charge in [0.05, 0.1) is 5.69 Å². The van der Waals surface area contributed by atoms with Gasteiger partial charge in [-0.15, -0.1) is 0 Å². The summed E-state index contributed by atoms with van der Waals surface area (Å²) in [5.74, 6) is 0.155. The Kier molecular flexibility index (Phi) is 4.01. The van der Waals surface area contributed by atoms with Crippen LogP contribution in [0.5, 0.6) is 0 Å². The summed E-state index contributed by atoms with van der Waals surface area (Å²) in [6, 6.07) is 33.4. The molecule has 0 bridgehead atoms. The Balaban J connectivity index is 1.62. The number of para-hydroxylation sites is 3. The van der Waals surface area contributed by atoms with E-state index in [2.05, 4.69) is 65.6 Å². The van der Waals surface area contributed by atoms with Crippen molar-refractivity contribution < 1.29 is 4.55 Å². The first kappa shape index (κ1) is 17.3. The third-order valence-corrected chi connectivity index (χ3v) is 8.26. The van der Waals surface area contributed by atoms with Crippen LogP contribution in [0.15, 0.2) is 112 Å². The topological polar surface area (TPSA) is 26.3 Å². The smallest absolute Gasteiger partial charge is 0.285 e. The van der Waals surface area contributed by atoms with E-state index in [0.717, 1.165) is 21.2 Å². The Morgan fingerprint density at radius 3 is 2.17 bits per heavy atom. The number of nitrogens with zero attached hydrogens (tertiary/aromatic N) is 1. The van der Waals surface area contributed by atoms with Gasteiger partial charge < -0.3 is 9.45 Å². The van der Waals surface area contributed by atoms with Crippen molar-refractivity contribution in [2.75, 3.05) is 4.90 Å². The number of hydrogen-bond acceptors (Lipinski definition) is 3. The molecule has 1 unspecified atom stereocenters. The molecule has 29 heavy (non-hydrogen) atoms. The Labute approximate surface area is 177 Å². The van der Waals surface area contributed by atoms with Gasteiger partial charge in [-0.2, -0.15) is 11.6 Å². The molecule has 5 heteroatoms. The third-order valence-electron chi connectivity index (χ3n) is 5.50. The predicted octanol–water partition coefficient (Wildman–Crippen LogP) is 4.85. The van der Waals surface area contributed by atoms with Crippen LogP contribution >= 0.6 is 11.6 Å². The lowest BCUT2D eigenvalue weighted by atomic mass is 9.58. The first-order valence-electron chi connectivity index (χ1n) is 9.57. The molecule has 138 valence electrons. The highest BCUT2D eigenvalue weighted by molar-refractivity contribution is 8.28. The lowest BCUT2D eigenvalue weighted by Gasteiger charge is -2.40. The number of anilines is 3. The zero-order valence-electron chi connectivity index (χ0n) is 15.5. The molecule has 2 nitrogen and oxygen atoms in total. The maximum absolute atomic E-state index is 13.4. The van der Waals surface area contributed by atoms with Crippen LogP contribution in [0, 0.1) is 0 Å². The number of rotatable bonds is 2. The largest absolute Gasteiger partial charge is 0.606 e. The second-order valence-corrected chi connectivity index (χ2v) is 9.73. The normalized spacial score (nSPS) is 16.1. The molecule has 4 aromatic rings. The van der Waals surface area contributed by atoms with Gasteiger partial charge in [0.2, 0.25) is 0 Å². The van der Waals surface area contributed by atoms with Crippen LogP contribution in [0.2, 0.25) is 0 Å². The molecule has 0 spiro atoms. The average molecular weight is 409 g/mol. The van der Waals surface area contributed by atoms with E-state index in [9.17, 15) is 4.55 Å². The SMILES string of the molecule is [O-][S+]1c2ccccc2N2c3ccccc3B(Sc3ccccc3)c3cccc1c32. The first-order valence-corrected chi connectivity index (χ1v) is 11.6. The fourth-order valence-electron chi connectivity index (χ4n) is 4.27. The zero-order chi connectivity index (χ0) is 19.4. The van der Waals surface area contributed by atoms with E-state index in [4.69, 9.17) is 0 Å². The van der Waals surface area contributed by atoms with Crippen molar-refractivity contribution >= 4 is 56.8 Å². The Hall–Kier alpha value is -2.60. The van der Waals surface area contributed by atoms with Crippen LogP contribution in [0.1, 0.15) is 0 Å². The molecule has 0 fully saturated rings. The number of fused-ring (bicyclic) bond motifs is 4. The van der Waals surface area contributed by atoms with Gasteiger partial charge in [0.25, 0.3) is 5.99 Å². The van der Waals surface area contributed by atoms with E-state index in [-0.39, 0.29) is 5.99 Å². The minimum absolute atomic E-state index is 0.155. The molecule has 0 radical (unpaired) electrons. The van der Waals surface area contributed by atoms with Gasteiger partial charge in [0, 0.05) is 16.9 Å². The van der Waals surface area contributed by atoms with Crippen molar-refractivity contribution in [3.8, 4) is 0 Å². The summed E-state index contributed by atoms with van der Waals surface area (Å²) in [5, 5.41) is 0. The molecule has 2 aliphatic rings. The van der Waals surface area contributed by atoms with Crippen LogP contribution in [-0.4, -0.2) is 10.5 Å². The average Bonchev–Trinajstić information content (AvgIpc) is 2.79. The molecule has 1 atom stereocenters. The summed E-state index contributed by atoms with van der Waals surface area (Å²) < 4.78 is 13.4. The quantitative estimate of drug-likeness (QED) is 0.350. The van der Waals surface area contributed by atoms with Crippen molar-refractivity contribution in [2.45, 2.75) is 14.7 Å². The molecule has 6 rings (SSSR count). The molecule has 0 saturated heterocycles. The summed E-state index contributed by atoms with van der Waals surface area (Å²) in [5.41, 5.74) is 5.77. The fourth-order valence-corrected chi connectivity index (χ4v) is 6.88. The highest BCUT2D eigenvalue weighted by Gasteiger charge is 2.43. The highest BCUT2D eigenvalue weighted by atomic mass is 32.2. The number of hydrogen-bond donors (Lipinski definition) is 0. The first-order chi connectivity index (χ1) is 14.3. The van der Waals surface area contributed by atoms with Gasteiger partial charge in [-0.3, -0.25) is 0 Å². The second-order valence-electron chi connectivity index (χ2n) is 7.14. The molecule has 0 amide bonds. The molecular formula is C24H16BNOS2. The summed E-state index contributed by atoms with van der Waals surface area (Å²) in [6.07, 6.45) is 0.